The molecule has 1 heteroatoms. The van der Waals surface area contributed by atoms with Gasteiger partial charge in [-0.2, -0.15) is 0 Å². The largest absolute Gasteiger partial charge is 0.313 e. The second-order valence-corrected chi connectivity index (χ2v) is 6.39. The van der Waals surface area contributed by atoms with Crippen LogP contribution in [0.2, 0.25) is 0 Å². The Morgan fingerprint density at radius 1 is 0.952 bits per heavy atom. The molecular formula is C20H27N. The summed E-state index contributed by atoms with van der Waals surface area (Å²) < 4.78 is 0. The van der Waals surface area contributed by atoms with Gasteiger partial charge in [-0.05, 0) is 31.0 Å². The predicted molar refractivity (Wildman–Crippen MR) is 91.8 cm³/mol. The van der Waals surface area contributed by atoms with E-state index in [2.05, 4.69) is 87.6 Å². The molecule has 112 valence electrons. The standard InChI is InChI=1S/C20H27N/c1-5-21-19(15-17-13-11-16(2)12-14-17)20(3,4)18-9-7-6-8-10-18/h6-14,19,21H,5,15H2,1-4H3. The van der Waals surface area contributed by atoms with E-state index in [1.165, 1.54) is 16.7 Å². The van der Waals surface area contributed by atoms with Crippen molar-refractivity contribution in [3.05, 3.63) is 71.3 Å². The fraction of sp³-hybridized carbons (Fsp3) is 0.400. The second-order valence-electron chi connectivity index (χ2n) is 6.39. The molecule has 2 rings (SSSR count). The number of nitrogens with one attached hydrogen (secondary N) is 1. The molecule has 2 aromatic carbocycles. The van der Waals surface area contributed by atoms with Crippen LogP contribution < -0.4 is 5.32 Å². The zero-order chi connectivity index (χ0) is 15.3. The molecule has 0 saturated heterocycles. The first-order valence-corrected chi connectivity index (χ1v) is 7.88. The minimum Gasteiger partial charge on any atom is -0.313 e. The fourth-order valence-electron chi connectivity index (χ4n) is 2.86. The van der Waals surface area contributed by atoms with Crippen molar-refractivity contribution in [3.8, 4) is 0 Å². The highest BCUT2D eigenvalue weighted by Gasteiger charge is 2.30. The maximum absolute atomic E-state index is 3.68. The molecular weight excluding hydrogens is 254 g/mol. The Morgan fingerprint density at radius 3 is 2.14 bits per heavy atom. The van der Waals surface area contributed by atoms with Gasteiger partial charge in [-0.1, -0.05) is 80.9 Å². The van der Waals surface area contributed by atoms with E-state index in [4.69, 9.17) is 0 Å². The van der Waals surface area contributed by atoms with Gasteiger partial charge in [-0.15, -0.1) is 0 Å². The van der Waals surface area contributed by atoms with Crippen molar-refractivity contribution < 1.29 is 0 Å². The van der Waals surface area contributed by atoms with Crippen LogP contribution in [0, 0.1) is 6.92 Å². The first kappa shape index (κ1) is 15.8. The lowest BCUT2D eigenvalue weighted by Crippen LogP contribution is -2.46. The number of rotatable bonds is 6. The molecule has 0 aromatic heterocycles. The molecule has 0 aliphatic rings. The van der Waals surface area contributed by atoms with Crippen LogP contribution in [-0.4, -0.2) is 12.6 Å². The van der Waals surface area contributed by atoms with Gasteiger partial charge in [-0.3, -0.25) is 0 Å². The summed E-state index contributed by atoms with van der Waals surface area (Å²) in [6.45, 7) is 9.99. The maximum atomic E-state index is 3.68. The quantitative estimate of drug-likeness (QED) is 0.822. The molecule has 2 aromatic rings. The highest BCUT2D eigenvalue weighted by molar-refractivity contribution is 5.28. The number of hydrogen-bond acceptors (Lipinski definition) is 1. The molecule has 0 aliphatic carbocycles. The molecule has 21 heavy (non-hydrogen) atoms. The van der Waals surface area contributed by atoms with Gasteiger partial charge in [0.05, 0.1) is 0 Å². The Labute approximate surface area is 129 Å². The van der Waals surface area contributed by atoms with E-state index in [-0.39, 0.29) is 5.41 Å². The predicted octanol–water partition coefficient (Wildman–Crippen LogP) is 4.49. The Kier molecular flexibility index (Phi) is 5.19. The lowest BCUT2D eigenvalue weighted by molar-refractivity contribution is 0.343. The van der Waals surface area contributed by atoms with Crippen LogP contribution in [0.3, 0.4) is 0 Å². The van der Waals surface area contributed by atoms with Gasteiger partial charge in [0.15, 0.2) is 0 Å². The zero-order valence-electron chi connectivity index (χ0n) is 13.7. The van der Waals surface area contributed by atoms with Crippen molar-refractivity contribution in [2.75, 3.05) is 6.54 Å². The Bertz CT molecular complexity index is 540. The molecule has 0 spiro atoms. The first-order chi connectivity index (χ1) is 10.0. The molecule has 0 aliphatic heterocycles. The average molecular weight is 281 g/mol. The van der Waals surface area contributed by atoms with Crippen LogP contribution in [0.25, 0.3) is 0 Å². The lowest BCUT2D eigenvalue weighted by Gasteiger charge is -2.36. The van der Waals surface area contributed by atoms with Crippen LogP contribution in [0.1, 0.15) is 37.5 Å². The van der Waals surface area contributed by atoms with E-state index in [9.17, 15) is 0 Å². The van der Waals surface area contributed by atoms with Crippen LogP contribution in [0.15, 0.2) is 54.6 Å². The van der Waals surface area contributed by atoms with Gasteiger partial charge >= 0.3 is 0 Å². The molecule has 0 fully saturated rings. The summed E-state index contributed by atoms with van der Waals surface area (Å²) in [6.07, 6.45) is 1.05. The molecule has 0 bridgehead atoms. The van der Waals surface area contributed by atoms with Crippen LogP contribution >= 0.6 is 0 Å². The number of benzene rings is 2. The summed E-state index contributed by atoms with van der Waals surface area (Å²) in [4.78, 5) is 0. The molecule has 0 saturated carbocycles. The number of likely N-dealkylation sites (N-methyl/N-ethyl adjacent to an activating group) is 1. The maximum Gasteiger partial charge on any atom is 0.0199 e. The Morgan fingerprint density at radius 2 is 1.57 bits per heavy atom. The summed E-state index contributed by atoms with van der Waals surface area (Å²) in [5.41, 5.74) is 4.21. The minimum atomic E-state index is 0.0994. The molecule has 0 heterocycles. The second kappa shape index (κ2) is 6.91. The van der Waals surface area contributed by atoms with Gasteiger partial charge < -0.3 is 5.32 Å². The van der Waals surface area contributed by atoms with E-state index in [0.29, 0.717) is 6.04 Å². The van der Waals surface area contributed by atoms with E-state index in [1.54, 1.807) is 0 Å². The van der Waals surface area contributed by atoms with Crippen molar-refractivity contribution >= 4 is 0 Å². The summed E-state index contributed by atoms with van der Waals surface area (Å²) >= 11 is 0. The summed E-state index contributed by atoms with van der Waals surface area (Å²) in [6, 6.07) is 20.1. The van der Waals surface area contributed by atoms with Crippen molar-refractivity contribution in [2.45, 2.75) is 45.6 Å². The van der Waals surface area contributed by atoms with E-state index < -0.39 is 0 Å². The van der Waals surface area contributed by atoms with Gasteiger partial charge in [0, 0.05) is 11.5 Å². The summed E-state index contributed by atoms with van der Waals surface area (Å²) in [7, 11) is 0. The SMILES string of the molecule is CCNC(Cc1ccc(C)cc1)C(C)(C)c1ccccc1. The summed E-state index contributed by atoms with van der Waals surface area (Å²) in [5.74, 6) is 0. The number of aryl methyl sites for hydroxylation is 1. The summed E-state index contributed by atoms with van der Waals surface area (Å²) in [5, 5.41) is 3.68. The highest BCUT2D eigenvalue weighted by Crippen LogP contribution is 2.29. The van der Waals surface area contributed by atoms with Gasteiger partial charge in [0.2, 0.25) is 0 Å². The van der Waals surface area contributed by atoms with Gasteiger partial charge in [0.1, 0.15) is 0 Å². The normalized spacial score (nSPS) is 13.1. The van der Waals surface area contributed by atoms with Crippen LogP contribution in [0.5, 0.6) is 0 Å². The molecule has 0 radical (unpaired) electrons. The third-order valence-corrected chi connectivity index (χ3v) is 4.40. The molecule has 0 amide bonds. The molecule has 1 nitrogen and oxygen atoms in total. The van der Waals surface area contributed by atoms with Crippen molar-refractivity contribution in [1.29, 1.82) is 0 Å². The van der Waals surface area contributed by atoms with Crippen molar-refractivity contribution in [1.82, 2.24) is 5.32 Å². The van der Waals surface area contributed by atoms with Crippen molar-refractivity contribution in [2.24, 2.45) is 0 Å². The molecule has 1 atom stereocenters. The van der Waals surface area contributed by atoms with E-state index in [1.807, 2.05) is 0 Å². The minimum absolute atomic E-state index is 0.0994. The van der Waals surface area contributed by atoms with Crippen molar-refractivity contribution in [3.63, 3.8) is 0 Å². The number of hydrogen-bond donors (Lipinski definition) is 1. The van der Waals surface area contributed by atoms with Gasteiger partial charge in [0.25, 0.3) is 0 Å². The zero-order valence-corrected chi connectivity index (χ0v) is 13.7. The molecule has 1 unspecified atom stereocenters. The topological polar surface area (TPSA) is 12.0 Å². The van der Waals surface area contributed by atoms with Crippen LogP contribution in [-0.2, 0) is 11.8 Å². The lowest BCUT2D eigenvalue weighted by atomic mass is 9.75. The van der Waals surface area contributed by atoms with Crippen LogP contribution in [0.4, 0.5) is 0 Å². The third-order valence-electron chi connectivity index (χ3n) is 4.40. The molecule has 1 N–H and O–H groups in total. The van der Waals surface area contributed by atoms with Gasteiger partial charge in [-0.25, -0.2) is 0 Å². The van der Waals surface area contributed by atoms with E-state index in [0.717, 1.165) is 13.0 Å². The highest BCUT2D eigenvalue weighted by atomic mass is 14.9. The fourth-order valence-corrected chi connectivity index (χ4v) is 2.86. The Balaban J connectivity index is 2.23. The first-order valence-electron chi connectivity index (χ1n) is 7.88. The Hall–Kier alpha value is -1.60. The van der Waals surface area contributed by atoms with E-state index >= 15 is 0 Å². The third kappa shape index (κ3) is 3.95. The monoisotopic (exact) mass is 281 g/mol. The smallest absolute Gasteiger partial charge is 0.0199 e. The average Bonchev–Trinajstić information content (AvgIpc) is 2.50.